The van der Waals surface area contributed by atoms with E-state index in [1.165, 1.54) is 11.1 Å². The van der Waals surface area contributed by atoms with Gasteiger partial charge in [0, 0.05) is 29.9 Å². The molecule has 1 aromatic rings. The molecular formula is C22H26N2O4. The van der Waals surface area contributed by atoms with E-state index in [0.29, 0.717) is 24.8 Å². The highest BCUT2D eigenvalue weighted by Crippen LogP contribution is 2.64. The summed E-state index contributed by atoms with van der Waals surface area (Å²) < 4.78 is 12.3. The first-order valence-electron chi connectivity index (χ1n) is 10.5. The second-order valence-electron chi connectivity index (χ2n) is 9.12. The molecule has 1 spiro atoms. The van der Waals surface area contributed by atoms with Crippen LogP contribution in [-0.4, -0.2) is 60.5 Å². The Morgan fingerprint density at radius 3 is 2.68 bits per heavy atom. The average Bonchev–Trinajstić information content (AvgIpc) is 3.21. The van der Waals surface area contributed by atoms with Crippen LogP contribution in [0, 0.1) is 5.92 Å². The zero-order valence-electron chi connectivity index (χ0n) is 16.4. The normalized spacial score (nSPS) is 38.4. The Balaban J connectivity index is 1.55. The number of piperidine rings is 1. The van der Waals surface area contributed by atoms with Crippen LogP contribution in [0.2, 0.25) is 0 Å². The third-order valence-corrected chi connectivity index (χ3v) is 8.19. The van der Waals surface area contributed by atoms with Crippen molar-refractivity contribution in [2.24, 2.45) is 5.92 Å². The Kier molecular flexibility index (Phi) is 3.31. The minimum atomic E-state index is -0.161. The third-order valence-electron chi connectivity index (χ3n) is 8.19. The van der Waals surface area contributed by atoms with Crippen molar-refractivity contribution in [1.29, 1.82) is 0 Å². The van der Waals surface area contributed by atoms with E-state index in [0.717, 1.165) is 43.7 Å². The largest absolute Gasteiger partial charge is 0.493 e. The molecule has 1 saturated carbocycles. The number of carbonyl (C=O) groups excluding carboxylic acids is 2. The predicted molar refractivity (Wildman–Crippen MR) is 101 cm³/mol. The zero-order chi connectivity index (χ0) is 19.2. The summed E-state index contributed by atoms with van der Waals surface area (Å²) in [5.74, 6) is 2.08. The van der Waals surface area contributed by atoms with Crippen LogP contribution in [0.1, 0.15) is 43.2 Å². The fraction of sp³-hybridized carbons (Fsp3) is 0.636. The van der Waals surface area contributed by atoms with Crippen LogP contribution in [0.5, 0.6) is 11.5 Å². The summed E-state index contributed by atoms with van der Waals surface area (Å²) in [7, 11) is 3.92. The first kappa shape index (κ1) is 16.8. The summed E-state index contributed by atoms with van der Waals surface area (Å²) in [6.07, 6.45) is 4.44. The van der Waals surface area contributed by atoms with Gasteiger partial charge in [0.15, 0.2) is 11.5 Å². The number of benzene rings is 1. The van der Waals surface area contributed by atoms with E-state index in [1.54, 1.807) is 12.0 Å². The monoisotopic (exact) mass is 382 g/mol. The molecule has 5 aliphatic rings. The van der Waals surface area contributed by atoms with Crippen molar-refractivity contribution in [3.63, 3.8) is 0 Å². The van der Waals surface area contributed by atoms with Gasteiger partial charge < -0.3 is 14.4 Å². The van der Waals surface area contributed by atoms with Gasteiger partial charge in [-0.05, 0) is 56.8 Å². The van der Waals surface area contributed by atoms with Crippen LogP contribution in [0.3, 0.4) is 0 Å². The van der Waals surface area contributed by atoms with Crippen molar-refractivity contribution in [2.75, 3.05) is 20.7 Å². The highest BCUT2D eigenvalue weighted by Gasteiger charge is 2.67. The van der Waals surface area contributed by atoms with Gasteiger partial charge >= 0.3 is 0 Å². The number of rotatable bonds is 2. The van der Waals surface area contributed by atoms with Crippen molar-refractivity contribution in [1.82, 2.24) is 9.80 Å². The number of hydrogen-bond acceptors (Lipinski definition) is 5. The molecule has 0 aromatic heterocycles. The predicted octanol–water partition coefficient (Wildman–Crippen LogP) is 1.88. The number of nitrogens with zero attached hydrogens (tertiary/aromatic N) is 2. The molecule has 2 amide bonds. The number of imide groups is 1. The number of methoxy groups -OCH3 is 1. The van der Waals surface area contributed by atoms with Crippen molar-refractivity contribution >= 4 is 11.8 Å². The van der Waals surface area contributed by atoms with Gasteiger partial charge in [-0.2, -0.15) is 0 Å². The second kappa shape index (κ2) is 5.50. The van der Waals surface area contributed by atoms with Gasteiger partial charge in [-0.1, -0.05) is 6.07 Å². The van der Waals surface area contributed by atoms with Crippen LogP contribution >= 0.6 is 0 Å². The Morgan fingerprint density at radius 1 is 1.14 bits per heavy atom. The Bertz CT molecular complexity index is 883. The molecule has 2 aliphatic carbocycles. The van der Waals surface area contributed by atoms with Crippen LogP contribution < -0.4 is 9.47 Å². The SMILES string of the molecule is COc1ccc2c3c1O[C@H]1[C@H](N4C(=O)CCC4=O)CC[C@H]4[C@@H](C2)N(C)CC[C@@]341. The summed E-state index contributed by atoms with van der Waals surface area (Å²) in [5, 5.41) is 0. The molecule has 0 unspecified atom stereocenters. The molecule has 6 heteroatoms. The molecule has 1 aromatic carbocycles. The molecular weight excluding hydrogens is 356 g/mol. The lowest BCUT2D eigenvalue weighted by Gasteiger charge is -2.59. The van der Waals surface area contributed by atoms with Crippen molar-refractivity contribution in [3.8, 4) is 11.5 Å². The molecule has 6 nitrogen and oxygen atoms in total. The van der Waals surface area contributed by atoms with Crippen LogP contribution in [-0.2, 0) is 21.4 Å². The van der Waals surface area contributed by atoms with Crippen LogP contribution in [0.4, 0.5) is 0 Å². The molecule has 0 N–H and O–H groups in total. The van der Waals surface area contributed by atoms with Gasteiger partial charge in [0.05, 0.1) is 13.2 Å². The summed E-state index contributed by atoms with van der Waals surface area (Å²) in [6, 6.07) is 4.55. The minimum Gasteiger partial charge on any atom is -0.493 e. The van der Waals surface area contributed by atoms with Gasteiger partial charge in [0.1, 0.15) is 6.10 Å². The Labute approximate surface area is 164 Å². The molecule has 3 aliphatic heterocycles. The average molecular weight is 382 g/mol. The highest BCUT2D eigenvalue weighted by atomic mass is 16.5. The molecule has 6 rings (SSSR count). The lowest BCUT2D eigenvalue weighted by atomic mass is 9.51. The smallest absolute Gasteiger partial charge is 0.230 e. The molecule has 28 heavy (non-hydrogen) atoms. The van der Waals surface area contributed by atoms with Gasteiger partial charge in [-0.3, -0.25) is 14.5 Å². The van der Waals surface area contributed by atoms with Gasteiger partial charge in [-0.15, -0.1) is 0 Å². The van der Waals surface area contributed by atoms with E-state index in [-0.39, 0.29) is 29.4 Å². The topological polar surface area (TPSA) is 59.1 Å². The van der Waals surface area contributed by atoms with Crippen LogP contribution in [0.25, 0.3) is 0 Å². The molecule has 5 atom stereocenters. The zero-order valence-corrected chi connectivity index (χ0v) is 16.4. The van der Waals surface area contributed by atoms with Crippen molar-refractivity contribution in [3.05, 3.63) is 23.3 Å². The van der Waals surface area contributed by atoms with Crippen molar-refractivity contribution < 1.29 is 19.1 Å². The van der Waals surface area contributed by atoms with Gasteiger partial charge in [0.2, 0.25) is 11.8 Å². The molecule has 2 bridgehead atoms. The van der Waals surface area contributed by atoms with E-state index in [1.807, 2.05) is 6.07 Å². The van der Waals surface area contributed by atoms with Gasteiger partial charge in [-0.25, -0.2) is 0 Å². The number of amides is 2. The van der Waals surface area contributed by atoms with E-state index < -0.39 is 0 Å². The third kappa shape index (κ3) is 1.83. The quantitative estimate of drug-likeness (QED) is 0.731. The van der Waals surface area contributed by atoms with Crippen molar-refractivity contribution in [2.45, 2.75) is 62.1 Å². The first-order valence-corrected chi connectivity index (χ1v) is 10.5. The van der Waals surface area contributed by atoms with Gasteiger partial charge in [0.25, 0.3) is 0 Å². The Morgan fingerprint density at radius 2 is 1.93 bits per heavy atom. The minimum absolute atomic E-state index is 0.0307. The number of ether oxygens (including phenoxy) is 2. The lowest BCUT2D eigenvalue weighted by molar-refractivity contribution is -0.149. The maximum atomic E-state index is 12.6. The standard InChI is InChI=1S/C22H26N2O4/c1-23-10-9-22-13-4-5-14(24-17(25)7-8-18(24)26)21(22)28-20-16(27-2)6-3-12(19(20)22)11-15(13)23/h3,6,13-15,21H,4-5,7-11H2,1-2H3/t13-,14+,15+,21-,22-/m0/s1. The van der Waals surface area contributed by atoms with E-state index in [9.17, 15) is 9.59 Å². The molecule has 0 radical (unpaired) electrons. The lowest BCUT2D eigenvalue weighted by Crippen LogP contribution is -2.68. The molecule has 3 fully saturated rings. The summed E-state index contributed by atoms with van der Waals surface area (Å²) >= 11 is 0. The highest BCUT2D eigenvalue weighted by molar-refractivity contribution is 6.02. The summed E-state index contributed by atoms with van der Waals surface area (Å²) in [6.45, 7) is 1.02. The molecule has 3 heterocycles. The maximum absolute atomic E-state index is 12.6. The number of likely N-dealkylation sites (N-methyl/N-ethyl adjacent to an activating group) is 1. The Hall–Kier alpha value is -2.08. The number of hydrogen-bond donors (Lipinski definition) is 0. The fourth-order valence-electron chi connectivity index (χ4n) is 7.09. The van der Waals surface area contributed by atoms with E-state index in [2.05, 4.69) is 18.0 Å². The molecule has 2 saturated heterocycles. The summed E-state index contributed by atoms with van der Waals surface area (Å²) in [4.78, 5) is 29.2. The fourth-order valence-corrected chi connectivity index (χ4v) is 7.09. The van der Waals surface area contributed by atoms with Crippen LogP contribution in [0.15, 0.2) is 12.1 Å². The second-order valence-corrected chi connectivity index (χ2v) is 9.12. The maximum Gasteiger partial charge on any atom is 0.230 e. The van der Waals surface area contributed by atoms with E-state index in [4.69, 9.17) is 9.47 Å². The molecule has 148 valence electrons. The number of likely N-dealkylation sites (tertiary alicyclic amines) is 2. The number of carbonyl (C=O) groups is 2. The first-order chi connectivity index (χ1) is 13.6. The summed E-state index contributed by atoms with van der Waals surface area (Å²) in [5.41, 5.74) is 2.56. The van der Waals surface area contributed by atoms with E-state index >= 15 is 0 Å².